The van der Waals surface area contributed by atoms with Crippen molar-refractivity contribution in [3.05, 3.63) is 127 Å². The first-order valence-electron chi connectivity index (χ1n) is 10.4. The predicted molar refractivity (Wildman–Crippen MR) is 127 cm³/mol. The molecule has 7 nitrogen and oxygen atoms in total. The number of carbonyl (C=O) groups is 1. The fourth-order valence-electron chi connectivity index (χ4n) is 3.48. The molecule has 0 saturated heterocycles. The van der Waals surface area contributed by atoms with Gasteiger partial charge in [0.25, 0.3) is 11.5 Å². The van der Waals surface area contributed by atoms with E-state index in [1.165, 1.54) is 18.2 Å². The van der Waals surface area contributed by atoms with Crippen LogP contribution < -0.4 is 16.6 Å². The number of hydrogen-bond acceptors (Lipinski definition) is 4. The molecule has 9 heteroatoms. The highest BCUT2D eigenvalue weighted by atomic mass is 35.5. The largest absolute Gasteiger partial charge is 0.352 e. The summed E-state index contributed by atoms with van der Waals surface area (Å²) >= 11 is 6.04. The number of aromatic nitrogens is 3. The summed E-state index contributed by atoms with van der Waals surface area (Å²) in [6.45, 7) is 1.58. The Morgan fingerprint density at radius 3 is 2.44 bits per heavy atom. The highest BCUT2D eigenvalue weighted by Crippen LogP contribution is 2.14. The number of nitrogens with zero attached hydrogens (tertiary/aromatic N) is 3. The molecule has 0 unspecified atom stereocenters. The smallest absolute Gasteiger partial charge is 0.344 e. The first kappa shape index (κ1) is 23.1. The highest BCUT2D eigenvalue weighted by Gasteiger charge is 2.23. The molecule has 1 heterocycles. The number of rotatable bonds is 6. The van der Waals surface area contributed by atoms with Gasteiger partial charge in [-0.3, -0.25) is 14.2 Å². The minimum Gasteiger partial charge on any atom is -0.344 e. The molecule has 0 spiro atoms. The first-order valence-corrected chi connectivity index (χ1v) is 10.8. The molecule has 0 aliphatic heterocycles. The van der Waals surface area contributed by atoms with Gasteiger partial charge < -0.3 is 5.32 Å². The second-order valence-electron chi connectivity index (χ2n) is 7.62. The van der Waals surface area contributed by atoms with E-state index in [2.05, 4.69) is 10.4 Å². The quantitative estimate of drug-likeness (QED) is 0.457. The van der Waals surface area contributed by atoms with Crippen molar-refractivity contribution in [3.63, 3.8) is 0 Å². The highest BCUT2D eigenvalue weighted by molar-refractivity contribution is 6.30. The van der Waals surface area contributed by atoms with Gasteiger partial charge in [0.2, 0.25) is 5.69 Å². The van der Waals surface area contributed by atoms with E-state index in [9.17, 15) is 18.8 Å². The molecule has 172 valence electrons. The number of para-hydroxylation sites is 1. The van der Waals surface area contributed by atoms with Crippen LogP contribution in [0.1, 0.15) is 34.6 Å². The summed E-state index contributed by atoms with van der Waals surface area (Å²) in [5, 5.41) is 7.10. The topological polar surface area (TPSA) is 86.0 Å². The van der Waals surface area contributed by atoms with Gasteiger partial charge in [-0.1, -0.05) is 66.2 Å². The standard InChI is InChI=1S/C25H20ClFN4O3/c1-16(18-9-3-2-4-10-18)28-23(32)22-24(33)30(15-17-8-7-11-19(26)14-17)25(34)31(29-22)21-13-6-5-12-20(21)27/h2-14,16H,15H2,1H3,(H,28,32)/t16-/m1/s1. The Morgan fingerprint density at radius 1 is 1.03 bits per heavy atom. The van der Waals surface area contributed by atoms with E-state index in [0.29, 0.717) is 10.6 Å². The maximum absolute atomic E-state index is 14.5. The number of amides is 1. The molecule has 34 heavy (non-hydrogen) atoms. The van der Waals surface area contributed by atoms with Crippen molar-refractivity contribution in [2.24, 2.45) is 0 Å². The first-order chi connectivity index (χ1) is 16.3. The SMILES string of the molecule is C[C@@H](NC(=O)c1nn(-c2ccccc2F)c(=O)n(Cc2cccc(Cl)c2)c1=O)c1ccccc1. The van der Waals surface area contributed by atoms with Crippen molar-refractivity contribution >= 4 is 17.5 Å². The molecule has 1 amide bonds. The van der Waals surface area contributed by atoms with Crippen molar-refractivity contribution in [2.75, 3.05) is 0 Å². The fraction of sp³-hybridized carbons (Fsp3) is 0.120. The van der Waals surface area contributed by atoms with Crippen LogP contribution in [-0.4, -0.2) is 20.3 Å². The maximum atomic E-state index is 14.5. The van der Waals surface area contributed by atoms with E-state index < -0.39 is 34.7 Å². The fourth-order valence-corrected chi connectivity index (χ4v) is 3.70. The Hall–Kier alpha value is -4.04. The molecule has 0 bridgehead atoms. The zero-order valence-electron chi connectivity index (χ0n) is 18.1. The molecule has 3 aromatic carbocycles. The van der Waals surface area contributed by atoms with Crippen molar-refractivity contribution < 1.29 is 9.18 Å². The lowest BCUT2D eigenvalue weighted by atomic mass is 10.1. The second kappa shape index (κ2) is 9.84. The van der Waals surface area contributed by atoms with Crippen molar-refractivity contribution in [2.45, 2.75) is 19.5 Å². The Balaban J connectivity index is 1.83. The Bertz CT molecular complexity index is 1470. The number of halogens is 2. The lowest BCUT2D eigenvalue weighted by Crippen LogP contribution is -2.46. The van der Waals surface area contributed by atoms with E-state index in [1.54, 1.807) is 31.2 Å². The van der Waals surface area contributed by atoms with E-state index >= 15 is 0 Å². The van der Waals surface area contributed by atoms with Gasteiger partial charge >= 0.3 is 5.69 Å². The van der Waals surface area contributed by atoms with Crippen LogP contribution in [-0.2, 0) is 6.54 Å². The third-order valence-electron chi connectivity index (χ3n) is 5.23. The Kier molecular flexibility index (Phi) is 6.70. The molecule has 4 aromatic rings. The third kappa shape index (κ3) is 4.82. The van der Waals surface area contributed by atoms with Crippen LogP contribution in [0, 0.1) is 5.82 Å². The van der Waals surface area contributed by atoms with Crippen LogP contribution in [0.3, 0.4) is 0 Å². The summed E-state index contributed by atoms with van der Waals surface area (Å²) in [5.41, 5.74) is -1.12. The average molecular weight is 479 g/mol. The van der Waals surface area contributed by atoms with E-state index in [4.69, 9.17) is 11.6 Å². The third-order valence-corrected chi connectivity index (χ3v) is 5.47. The molecular weight excluding hydrogens is 459 g/mol. The molecule has 1 atom stereocenters. The summed E-state index contributed by atoms with van der Waals surface area (Å²) in [6, 6.07) is 20.8. The monoisotopic (exact) mass is 478 g/mol. The Morgan fingerprint density at radius 2 is 1.74 bits per heavy atom. The molecule has 1 N–H and O–H groups in total. The average Bonchev–Trinajstić information content (AvgIpc) is 2.83. The molecule has 0 fully saturated rings. The molecular formula is C25H20ClFN4O3. The number of nitrogens with one attached hydrogen (secondary N) is 1. The number of benzene rings is 3. The molecule has 4 rings (SSSR count). The van der Waals surface area contributed by atoms with Gasteiger partial charge in [-0.25, -0.2) is 9.18 Å². The lowest BCUT2D eigenvalue weighted by molar-refractivity contribution is 0.0930. The molecule has 0 saturated carbocycles. The van der Waals surface area contributed by atoms with Crippen LogP contribution in [0.25, 0.3) is 5.69 Å². The molecule has 1 aromatic heterocycles. The second-order valence-corrected chi connectivity index (χ2v) is 8.06. The van der Waals surface area contributed by atoms with Gasteiger partial charge in [0.15, 0.2) is 0 Å². The van der Waals surface area contributed by atoms with Crippen molar-refractivity contribution in [3.8, 4) is 5.69 Å². The van der Waals surface area contributed by atoms with E-state index in [1.807, 2.05) is 30.3 Å². The van der Waals surface area contributed by atoms with Crippen LogP contribution >= 0.6 is 11.6 Å². The van der Waals surface area contributed by atoms with Gasteiger partial charge in [0.1, 0.15) is 11.5 Å². The number of carbonyl (C=O) groups excluding carboxylic acids is 1. The molecule has 0 radical (unpaired) electrons. The van der Waals surface area contributed by atoms with E-state index in [-0.39, 0.29) is 12.2 Å². The van der Waals surface area contributed by atoms with Crippen LogP contribution in [0.15, 0.2) is 88.5 Å². The predicted octanol–water partition coefficient (Wildman–Crippen LogP) is 3.73. The summed E-state index contributed by atoms with van der Waals surface area (Å²) in [5.74, 6) is -1.51. The van der Waals surface area contributed by atoms with Gasteiger partial charge in [0.05, 0.1) is 12.6 Å². The Labute approximate surface area is 199 Å². The summed E-state index contributed by atoms with van der Waals surface area (Å²) in [4.78, 5) is 39.5. The zero-order valence-corrected chi connectivity index (χ0v) is 18.9. The maximum Gasteiger partial charge on any atom is 0.352 e. The molecule has 0 aliphatic rings. The van der Waals surface area contributed by atoms with Crippen LogP contribution in [0.2, 0.25) is 5.02 Å². The summed E-state index contributed by atoms with van der Waals surface area (Å²) in [7, 11) is 0. The van der Waals surface area contributed by atoms with Gasteiger partial charge in [-0.15, -0.1) is 0 Å². The van der Waals surface area contributed by atoms with Gasteiger partial charge in [0, 0.05) is 5.02 Å². The lowest BCUT2D eigenvalue weighted by Gasteiger charge is -2.16. The van der Waals surface area contributed by atoms with Crippen molar-refractivity contribution in [1.29, 1.82) is 0 Å². The zero-order chi connectivity index (χ0) is 24.2. The number of hydrogen-bond donors (Lipinski definition) is 1. The van der Waals surface area contributed by atoms with E-state index in [0.717, 1.165) is 20.9 Å². The summed E-state index contributed by atoms with van der Waals surface area (Å²) in [6.07, 6.45) is 0. The molecule has 0 aliphatic carbocycles. The minimum absolute atomic E-state index is 0.177. The van der Waals surface area contributed by atoms with Gasteiger partial charge in [-0.2, -0.15) is 9.78 Å². The minimum atomic E-state index is -0.893. The van der Waals surface area contributed by atoms with Gasteiger partial charge in [-0.05, 0) is 42.3 Å². The normalized spacial score (nSPS) is 11.7. The van der Waals surface area contributed by atoms with Crippen LogP contribution in [0.4, 0.5) is 4.39 Å². The van der Waals surface area contributed by atoms with Crippen molar-refractivity contribution in [1.82, 2.24) is 19.7 Å². The summed E-state index contributed by atoms with van der Waals surface area (Å²) < 4.78 is 16.1. The van der Waals surface area contributed by atoms with Crippen LogP contribution in [0.5, 0.6) is 0 Å².